The fraction of sp³-hybridized carbons (Fsp3) is 0.500. The third-order valence-electron chi connectivity index (χ3n) is 3.41. The molecule has 1 amide bonds. The molecule has 0 bridgehead atoms. The molecule has 0 aliphatic carbocycles. The number of phenols is 1. The minimum atomic E-state index is -0.174. The number of rotatable bonds is 3. The molecule has 1 aliphatic rings. The molecule has 0 spiro atoms. The third-order valence-corrected chi connectivity index (χ3v) is 3.41. The quantitative estimate of drug-likeness (QED) is 0.902. The van der Waals surface area contributed by atoms with Crippen LogP contribution in [0.25, 0.3) is 0 Å². The molecule has 1 N–H and O–H groups in total. The summed E-state index contributed by atoms with van der Waals surface area (Å²) in [5, 5.41) is 10.0. The summed E-state index contributed by atoms with van der Waals surface area (Å²) in [6.45, 7) is 3.65. The van der Waals surface area contributed by atoms with Crippen molar-refractivity contribution in [3.05, 3.63) is 23.8 Å². The molecule has 1 fully saturated rings. The first-order valence-corrected chi connectivity index (χ1v) is 6.43. The maximum absolute atomic E-state index is 12.5. The van der Waals surface area contributed by atoms with Crippen molar-refractivity contribution in [1.82, 2.24) is 4.90 Å². The minimum absolute atomic E-state index is 0.0619. The summed E-state index contributed by atoms with van der Waals surface area (Å²) in [5.74, 6) is 0.0371. The number of morpholine rings is 1. The van der Waals surface area contributed by atoms with Crippen LogP contribution in [-0.4, -0.2) is 48.8 Å². The molecular formula is C14H19NO4. The monoisotopic (exact) mass is 265 g/mol. The largest absolute Gasteiger partial charge is 0.504 e. The molecule has 1 aromatic rings. The molecule has 19 heavy (non-hydrogen) atoms. The first-order valence-electron chi connectivity index (χ1n) is 6.43. The molecule has 104 valence electrons. The van der Waals surface area contributed by atoms with Crippen LogP contribution in [-0.2, 0) is 4.74 Å². The number of methoxy groups -OCH3 is 1. The van der Waals surface area contributed by atoms with Crippen molar-refractivity contribution in [2.45, 2.75) is 19.4 Å². The fourth-order valence-electron chi connectivity index (χ4n) is 2.27. The van der Waals surface area contributed by atoms with E-state index < -0.39 is 0 Å². The Hall–Kier alpha value is -1.75. The number of aromatic hydroxyl groups is 1. The Balaban J connectivity index is 2.28. The Morgan fingerprint density at radius 3 is 3.05 bits per heavy atom. The first-order chi connectivity index (χ1) is 9.19. The van der Waals surface area contributed by atoms with Crippen molar-refractivity contribution < 1.29 is 19.4 Å². The van der Waals surface area contributed by atoms with Crippen molar-refractivity contribution >= 4 is 5.91 Å². The van der Waals surface area contributed by atoms with Crippen LogP contribution < -0.4 is 4.74 Å². The summed E-state index contributed by atoms with van der Waals surface area (Å²) >= 11 is 0. The highest BCUT2D eigenvalue weighted by Crippen LogP contribution is 2.31. The van der Waals surface area contributed by atoms with E-state index in [1.165, 1.54) is 7.11 Å². The number of hydrogen-bond donors (Lipinski definition) is 1. The van der Waals surface area contributed by atoms with Gasteiger partial charge in [0, 0.05) is 6.54 Å². The zero-order valence-corrected chi connectivity index (χ0v) is 11.3. The van der Waals surface area contributed by atoms with Crippen LogP contribution in [0.4, 0.5) is 0 Å². The predicted octanol–water partition coefficient (Wildman–Crippen LogP) is 1.65. The van der Waals surface area contributed by atoms with Crippen molar-refractivity contribution in [1.29, 1.82) is 0 Å². The molecule has 0 radical (unpaired) electrons. The van der Waals surface area contributed by atoms with E-state index in [0.29, 0.717) is 25.5 Å². The van der Waals surface area contributed by atoms with Gasteiger partial charge in [-0.3, -0.25) is 4.79 Å². The van der Waals surface area contributed by atoms with Gasteiger partial charge in [0.25, 0.3) is 5.91 Å². The van der Waals surface area contributed by atoms with Gasteiger partial charge >= 0.3 is 0 Å². The molecule has 0 aromatic heterocycles. The van der Waals surface area contributed by atoms with Crippen molar-refractivity contribution in [3.63, 3.8) is 0 Å². The fourth-order valence-corrected chi connectivity index (χ4v) is 2.27. The lowest BCUT2D eigenvalue weighted by Crippen LogP contribution is -2.48. The lowest BCUT2D eigenvalue weighted by molar-refractivity contribution is -0.00295. The van der Waals surface area contributed by atoms with E-state index in [9.17, 15) is 9.90 Å². The lowest BCUT2D eigenvalue weighted by atomic mass is 10.1. The highest BCUT2D eigenvalue weighted by molar-refractivity contribution is 5.97. The standard InChI is InChI=1S/C14H19NO4/c1-3-10-9-19-8-7-15(10)14(17)11-5-4-6-12(18-2)13(11)16/h4-6,10,16H,3,7-9H2,1-2H3. The van der Waals surface area contributed by atoms with Gasteiger partial charge in [-0.1, -0.05) is 13.0 Å². The van der Waals surface area contributed by atoms with E-state index >= 15 is 0 Å². The molecule has 5 heteroatoms. The molecule has 1 aliphatic heterocycles. The maximum Gasteiger partial charge on any atom is 0.258 e. The molecule has 1 unspecified atom stereocenters. The minimum Gasteiger partial charge on any atom is -0.504 e. The van der Waals surface area contributed by atoms with E-state index in [-0.39, 0.29) is 23.3 Å². The second kappa shape index (κ2) is 5.93. The number of ether oxygens (including phenoxy) is 2. The summed E-state index contributed by atoms with van der Waals surface area (Å²) < 4.78 is 10.4. The van der Waals surface area contributed by atoms with Crippen LogP contribution in [0.15, 0.2) is 18.2 Å². The topological polar surface area (TPSA) is 59.0 Å². The van der Waals surface area contributed by atoms with Gasteiger partial charge in [-0.2, -0.15) is 0 Å². The number of amides is 1. The summed E-state index contributed by atoms with van der Waals surface area (Å²) in [6.07, 6.45) is 0.830. The zero-order chi connectivity index (χ0) is 13.8. The Morgan fingerprint density at radius 2 is 2.37 bits per heavy atom. The van der Waals surface area contributed by atoms with Gasteiger partial charge in [0.05, 0.1) is 31.9 Å². The zero-order valence-electron chi connectivity index (χ0n) is 11.3. The summed E-state index contributed by atoms with van der Waals surface area (Å²) in [6, 6.07) is 5.00. The van der Waals surface area contributed by atoms with Gasteiger partial charge in [-0.05, 0) is 18.6 Å². The van der Waals surface area contributed by atoms with Gasteiger partial charge < -0.3 is 19.5 Å². The average molecular weight is 265 g/mol. The van der Waals surface area contributed by atoms with E-state index in [4.69, 9.17) is 9.47 Å². The molecule has 5 nitrogen and oxygen atoms in total. The number of carbonyl (C=O) groups excluding carboxylic acids is 1. The van der Waals surface area contributed by atoms with E-state index in [1.54, 1.807) is 23.1 Å². The van der Waals surface area contributed by atoms with Crippen LogP contribution in [0.1, 0.15) is 23.7 Å². The highest BCUT2D eigenvalue weighted by atomic mass is 16.5. The second-order valence-electron chi connectivity index (χ2n) is 4.49. The third kappa shape index (κ3) is 2.66. The first kappa shape index (κ1) is 13.7. The Labute approximate surface area is 112 Å². The van der Waals surface area contributed by atoms with Crippen LogP contribution in [0.2, 0.25) is 0 Å². The maximum atomic E-state index is 12.5. The van der Waals surface area contributed by atoms with Gasteiger partial charge in [-0.25, -0.2) is 0 Å². The van der Waals surface area contributed by atoms with Gasteiger partial charge in [0.2, 0.25) is 0 Å². The number of carbonyl (C=O) groups is 1. The van der Waals surface area contributed by atoms with Gasteiger partial charge in [0.15, 0.2) is 11.5 Å². The lowest BCUT2D eigenvalue weighted by Gasteiger charge is -2.35. The molecule has 2 rings (SSSR count). The van der Waals surface area contributed by atoms with E-state index in [1.807, 2.05) is 6.92 Å². The highest BCUT2D eigenvalue weighted by Gasteiger charge is 2.28. The number of para-hydroxylation sites is 1. The SMILES string of the molecule is CCC1COCCN1C(=O)c1cccc(OC)c1O. The van der Waals surface area contributed by atoms with Gasteiger partial charge in [0.1, 0.15) is 0 Å². The number of benzene rings is 1. The molecule has 1 heterocycles. The summed E-state index contributed by atoms with van der Waals surface area (Å²) in [7, 11) is 1.47. The number of hydrogen-bond acceptors (Lipinski definition) is 4. The van der Waals surface area contributed by atoms with Crippen LogP contribution in [0.3, 0.4) is 0 Å². The van der Waals surface area contributed by atoms with Gasteiger partial charge in [-0.15, -0.1) is 0 Å². The van der Waals surface area contributed by atoms with Crippen LogP contribution in [0, 0.1) is 0 Å². The Kier molecular flexibility index (Phi) is 4.27. The smallest absolute Gasteiger partial charge is 0.258 e. The molecular weight excluding hydrogens is 246 g/mol. The number of phenolic OH excluding ortho intramolecular Hbond substituents is 1. The summed E-state index contributed by atoms with van der Waals surface area (Å²) in [4.78, 5) is 14.3. The normalized spacial score (nSPS) is 19.3. The van der Waals surface area contributed by atoms with Crippen molar-refractivity contribution in [2.24, 2.45) is 0 Å². The molecule has 1 atom stereocenters. The van der Waals surface area contributed by atoms with Crippen molar-refractivity contribution in [3.8, 4) is 11.5 Å². The second-order valence-corrected chi connectivity index (χ2v) is 4.49. The van der Waals surface area contributed by atoms with Crippen molar-refractivity contribution in [2.75, 3.05) is 26.9 Å². The Bertz CT molecular complexity index is 461. The van der Waals surface area contributed by atoms with E-state index in [2.05, 4.69) is 0 Å². The molecule has 1 aromatic carbocycles. The van der Waals surface area contributed by atoms with Crippen LogP contribution in [0.5, 0.6) is 11.5 Å². The summed E-state index contributed by atoms with van der Waals surface area (Å²) in [5.41, 5.74) is 0.278. The molecule has 1 saturated heterocycles. The van der Waals surface area contributed by atoms with Crippen LogP contribution >= 0.6 is 0 Å². The number of nitrogens with zero attached hydrogens (tertiary/aromatic N) is 1. The predicted molar refractivity (Wildman–Crippen MR) is 70.6 cm³/mol. The average Bonchev–Trinajstić information content (AvgIpc) is 2.46. The Morgan fingerprint density at radius 1 is 1.58 bits per heavy atom. The van der Waals surface area contributed by atoms with E-state index in [0.717, 1.165) is 6.42 Å². The molecule has 0 saturated carbocycles.